The normalized spacial score (nSPS) is 22.0. The van der Waals surface area contributed by atoms with Crippen molar-refractivity contribution in [1.82, 2.24) is 14.8 Å². The Bertz CT molecular complexity index is 1190. The number of amides is 2. The van der Waals surface area contributed by atoms with Gasteiger partial charge in [0, 0.05) is 48.4 Å². The summed E-state index contributed by atoms with van der Waals surface area (Å²) in [5.41, 5.74) is 3.83. The summed E-state index contributed by atoms with van der Waals surface area (Å²) in [4.78, 5) is 21.4. The van der Waals surface area contributed by atoms with Crippen LogP contribution in [0.1, 0.15) is 35.4 Å². The van der Waals surface area contributed by atoms with E-state index in [1.807, 2.05) is 47.4 Å². The van der Waals surface area contributed by atoms with Gasteiger partial charge in [0.15, 0.2) is 0 Å². The highest BCUT2D eigenvalue weighted by Crippen LogP contribution is 2.42. The van der Waals surface area contributed by atoms with E-state index in [0.717, 1.165) is 37.1 Å². The lowest BCUT2D eigenvalue weighted by Gasteiger charge is -2.57. The first kappa shape index (κ1) is 23.1. The first-order valence-corrected chi connectivity index (χ1v) is 12.2. The van der Waals surface area contributed by atoms with E-state index >= 15 is 0 Å². The molecule has 6 nitrogen and oxygen atoms in total. The maximum atomic E-state index is 13.0. The van der Waals surface area contributed by atoms with Crippen molar-refractivity contribution < 1.29 is 9.90 Å². The molecule has 0 bridgehead atoms. The SMILES string of the molecule is O=C(Nc1cccnc1)N1CCCCN2C(CO)C(c3ccc(C#Cc4ccccc4)cc3)C2C1. The highest BCUT2D eigenvalue weighted by Gasteiger charge is 2.49. The van der Waals surface area contributed by atoms with Crippen molar-refractivity contribution in [2.45, 2.75) is 30.8 Å². The smallest absolute Gasteiger partial charge is 0.321 e. The van der Waals surface area contributed by atoms with Gasteiger partial charge in [-0.3, -0.25) is 9.88 Å². The topological polar surface area (TPSA) is 68.7 Å². The molecule has 3 heterocycles. The molecule has 35 heavy (non-hydrogen) atoms. The zero-order chi connectivity index (χ0) is 24.0. The van der Waals surface area contributed by atoms with E-state index < -0.39 is 0 Å². The van der Waals surface area contributed by atoms with Gasteiger partial charge in [0.2, 0.25) is 0 Å². The van der Waals surface area contributed by atoms with Gasteiger partial charge >= 0.3 is 6.03 Å². The summed E-state index contributed by atoms with van der Waals surface area (Å²) in [7, 11) is 0. The van der Waals surface area contributed by atoms with E-state index in [0.29, 0.717) is 12.2 Å². The maximum absolute atomic E-state index is 13.0. The summed E-state index contributed by atoms with van der Waals surface area (Å²) in [6.45, 7) is 2.41. The van der Waals surface area contributed by atoms with E-state index in [2.05, 4.69) is 51.3 Å². The van der Waals surface area contributed by atoms with E-state index in [1.165, 1.54) is 5.56 Å². The van der Waals surface area contributed by atoms with Gasteiger partial charge in [-0.15, -0.1) is 0 Å². The third-order valence-corrected chi connectivity index (χ3v) is 6.99. The number of aliphatic hydroxyl groups is 1. The van der Waals surface area contributed by atoms with Crippen molar-refractivity contribution in [3.05, 3.63) is 95.8 Å². The predicted octanol–water partition coefficient (Wildman–Crippen LogP) is 3.94. The standard InChI is InChI=1S/C29H30N4O2/c34-21-27-28(24-14-12-23(13-15-24)11-10-22-7-2-1-3-8-22)26-20-32(17-4-5-18-33(26)27)29(35)31-25-9-6-16-30-19-25/h1-3,6-9,12-16,19,26-28,34H,4-5,17-18,20-21H2,(H,31,35). The van der Waals surface area contributed by atoms with Crippen molar-refractivity contribution >= 4 is 11.7 Å². The molecule has 2 saturated heterocycles. The zero-order valence-electron chi connectivity index (χ0n) is 19.7. The minimum absolute atomic E-state index is 0.0718. The molecule has 2 aliphatic rings. The molecule has 178 valence electrons. The van der Waals surface area contributed by atoms with Crippen LogP contribution in [0.15, 0.2) is 79.1 Å². The second-order valence-electron chi connectivity index (χ2n) is 9.14. The largest absolute Gasteiger partial charge is 0.395 e. The average Bonchev–Trinajstić information content (AvgIpc) is 2.88. The Kier molecular flexibility index (Phi) is 7.08. The molecule has 2 fully saturated rings. The van der Waals surface area contributed by atoms with Crippen molar-refractivity contribution in [2.24, 2.45) is 0 Å². The van der Waals surface area contributed by atoms with Crippen LogP contribution in [-0.4, -0.2) is 64.2 Å². The van der Waals surface area contributed by atoms with Crippen LogP contribution in [-0.2, 0) is 0 Å². The number of pyridine rings is 1. The van der Waals surface area contributed by atoms with Crippen molar-refractivity contribution in [1.29, 1.82) is 0 Å². The average molecular weight is 467 g/mol. The van der Waals surface area contributed by atoms with Crippen LogP contribution in [0, 0.1) is 11.8 Å². The van der Waals surface area contributed by atoms with E-state index in [1.54, 1.807) is 12.4 Å². The molecular formula is C29H30N4O2. The molecular weight excluding hydrogens is 436 g/mol. The molecule has 2 amide bonds. The zero-order valence-corrected chi connectivity index (χ0v) is 19.7. The fourth-order valence-corrected chi connectivity index (χ4v) is 5.22. The summed E-state index contributed by atoms with van der Waals surface area (Å²) < 4.78 is 0. The number of carbonyl (C=O) groups is 1. The van der Waals surface area contributed by atoms with Crippen LogP contribution in [0.3, 0.4) is 0 Å². The van der Waals surface area contributed by atoms with Gasteiger partial charge in [-0.2, -0.15) is 0 Å². The lowest BCUT2D eigenvalue weighted by Crippen LogP contribution is -2.68. The summed E-state index contributed by atoms with van der Waals surface area (Å²) in [5.74, 6) is 6.60. The van der Waals surface area contributed by atoms with Gasteiger partial charge in [-0.05, 0) is 61.3 Å². The van der Waals surface area contributed by atoms with Gasteiger partial charge in [0.05, 0.1) is 18.5 Å². The van der Waals surface area contributed by atoms with Gasteiger partial charge in [-0.25, -0.2) is 4.79 Å². The Hall–Kier alpha value is -3.66. The highest BCUT2D eigenvalue weighted by atomic mass is 16.3. The first-order chi connectivity index (χ1) is 17.2. The Morgan fingerprint density at radius 2 is 1.71 bits per heavy atom. The molecule has 2 N–H and O–H groups in total. The molecule has 3 atom stereocenters. The third kappa shape index (κ3) is 5.22. The fourth-order valence-electron chi connectivity index (χ4n) is 5.22. The van der Waals surface area contributed by atoms with Gasteiger partial charge < -0.3 is 15.3 Å². The first-order valence-electron chi connectivity index (χ1n) is 12.2. The molecule has 3 aromatic rings. The van der Waals surface area contributed by atoms with Gasteiger partial charge in [0.25, 0.3) is 0 Å². The molecule has 2 aromatic carbocycles. The fraction of sp³-hybridized carbons (Fsp3) is 0.310. The number of rotatable bonds is 3. The summed E-state index contributed by atoms with van der Waals surface area (Å²) in [5, 5.41) is 13.2. The number of hydrogen-bond acceptors (Lipinski definition) is 4. The Labute approximate surface area is 206 Å². The number of fused-ring (bicyclic) bond motifs is 1. The highest BCUT2D eigenvalue weighted by molar-refractivity contribution is 5.89. The van der Waals surface area contributed by atoms with Gasteiger partial charge in [0.1, 0.15) is 0 Å². The minimum atomic E-state index is -0.0995. The maximum Gasteiger partial charge on any atom is 0.321 e. The number of aliphatic hydroxyl groups excluding tert-OH is 1. The van der Waals surface area contributed by atoms with E-state index in [-0.39, 0.29) is 30.6 Å². The number of hydrogen-bond donors (Lipinski definition) is 2. The molecule has 0 spiro atoms. The Morgan fingerprint density at radius 1 is 0.971 bits per heavy atom. The minimum Gasteiger partial charge on any atom is -0.395 e. The summed E-state index contributed by atoms with van der Waals surface area (Å²) >= 11 is 0. The van der Waals surface area contributed by atoms with Crippen LogP contribution < -0.4 is 5.32 Å². The van der Waals surface area contributed by atoms with Crippen LogP contribution in [0.25, 0.3) is 0 Å². The van der Waals surface area contributed by atoms with Crippen LogP contribution in [0.5, 0.6) is 0 Å². The molecule has 3 unspecified atom stereocenters. The van der Waals surface area contributed by atoms with Crippen LogP contribution >= 0.6 is 0 Å². The number of nitrogens with one attached hydrogen (secondary N) is 1. The lowest BCUT2D eigenvalue weighted by molar-refractivity contribution is -0.0585. The quantitative estimate of drug-likeness (QED) is 0.574. The van der Waals surface area contributed by atoms with E-state index in [4.69, 9.17) is 0 Å². The Balaban J connectivity index is 1.32. The molecule has 6 heteroatoms. The predicted molar refractivity (Wildman–Crippen MR) is 137 cm³/mol. The molecule has 5 rings (SSSR count). The third-order valence-electron chi connectivity index (χ3n) is 6.99. The number of anilines is 1. The monoisotopic (exact) mass is 466 g/mol. The van der Waals surface area contributed by atoms with Crippen LogP contribution in [0.2, 0.25) is 0 Å². The lowest BCUT2D eigenvalue weighted by atomic mass is 9.74. The summed E-state index contributed by atoms with van der Waals surface area (Å²) in [6.07, 6.45) is 5.30. The van der Waals surface area contributed by atoms with Crippen molar-refractivity contribution in [3.8, 4) is 11.8 Å². The number of benzene rings is 2. The second kappa shape index (κ2) is 10.7. The Morgan fingerprint density at radius 3 is 2.43 bits per heavy atom. The van der Waals surface area contributed by atoms with Crippen LogP contribution in [0.4, 0.5) is 10.5 Å². The number of urea groups is 1. The van der Waals surface area contributed by atoms with E-state index in [9.17, 15) is 9.90 Å². The molecule has 0 radical (unpaired) electrons. The second-order valence-corrected chi connectivity index (χ2v) is 9.14. The molecule has 2 aliphatic heterocycles. The van der Waals surface area contributed by atoms with Crippen molar-refractivity contribution in [2.75, 3.05) is 31.6 Å². The van der Waals surface area contributed by atoms with Gasteiger partial charge in [-0.1, -0.05) is 42.2 Å². The number of nitrogens with zero attached hydrogens (tertiary/aromatic N) is 3. The summed E-state index contributed by atoms with van der Waals surface area (Å²) in [6, 6.07) is 22.1. The number of aromatic nitrogens is 1. The molecule has 1 aromatic heterocycles. The molecule has 0 aliphatic carbocycles. The number of carbonyl (C=O) groups excluding carboxylic acids is 1. The van der Waals surface area contributed by atoms with Crippen molar-refractivity contribution in [3.63, 3.8) is 0 Å². The molecule has 0 saturated carbocycles.